The van der Waals surface area contributed by atoms with Crippen LogP contribution in [0.25, 0.3) is 0 Å². The van der Waals surface area contributed by atoms with Gasteiger partial charge in [-0.1, -0.05) is 30.3 Å². The molecule has 7 nitrogen and oxygen atoms in total. The van der Waals surface area contributed by atoms with Crippen molar-refractivity contribution in [3.05, 3.63) is 35.9 Å². The predicted molar refractivity (Wildman–Crippen MR) is 109 cm³/mol. The molecular weight excluding hydrogens is 372 g/mol. The van der Waals surface area contributed by atoms with Gasteiger partial charge in [-0.25, -0.2) is 4.79 Å². The molecule has 1 aromatic carbocycles. The molecule has 0 spiro atoms. The summed E-state index contributed by atoms with van der Waals surface area (Å²) in [5.74, 6) is -1.75. The number of amides is 2. The molecule has 0 aliphatic carbocycles. The van der Waals surface area contributed by atoms with E-state index < -0.39 is 35.0 Å². The highest BCUT2D eigenvalue weighted by molar-refractivity contribution is 5.83. The normalized spacial score (nSPS) is 20.0. The van der Waals surface area contributed by atoms with Crippen molar-refractivity contribution in [3.63, 3.8) is 0 Å². The van der Waals surface area contributed by atoms with Gasteiger partial charge < -0.3 is 19.7 Å². The van der Waals surface area contributed by atoms with Gasteiger partial charge in [0.2, 0.25) is 5.91 Å². The first-order valence-electron chi connectivity index (χ1n) is 9.86. The van der Waals surface area contributed by atoms with E-state index in [-0.39, 0.29) is 19.0 Å². The average molecular weight is 405 g/mol. The molecule has 1 heterocycles. The fourth-order valence-electron chi connectivity index (χ4n) is 3.44. The van der Waals surface area contributed by atoms with Crippen molar-refractivity contribution >= 4 is 18.0 Å². The predicted octanol–water partition coefficient (Wildman–Crippen LogP) is 3.08. The first kappa shape index (κ1) is 22.7. The summed E-state index contributed by atoms with van der Waals surface area (Å²) in [4.78, 5) is 39.2. The Morgan fingerprint density at radius 2 is 1.59 bits per heavy atom. The second-order valence-corrected chi connectivity index (χ2v) is 9.02. The van der Waals surface area contributed by atoms with Gasteiger partial charge in [0, 0.05) is 13.1 Å². The quantitative estimate of drug-likeness (QED) is 0.780. The van der Waals surface area contributed by atoms with Gasteiger partial charge in [-0.05, 0) is 46.6 Å². The zero-order valence-corrected chi connectivity index (χ0v) is 18.2. The molecule has 0 unspecified atom stereocenters. The highest BCUT2D eigenvalue weighted by Crippen LogP contribution is 2.27. The van der Waals surface area contributed by atoms with E-state index in [9.17, 15) is 14.4 Å². The first-order chi connectivity index (χ1) is 13.4. The van der Waals surface area contributed by atoms with E-state index in [0.717, 1.165) is 5.56 Å². The van der Waals surface area contributed by atoms with E-state index >= 15 is 0 Å². The fraction of sp³-hybridized carbons (Fsp3) is 0.591. The largest absolute Gasteiger partial charge is 0.469 e. The third kappa shape index (κ3) is 6.21. The van der Waals surface area contributed by atoms with Gasteiger partial charge in [0.05, 0.1) is 24.5 Å². The Labute approximate surface area is 172 Å². The van der Waals surface area contributed by atoms with Crippen molar-refractivity contribution < 1.29 is 23.9 Å². The topological polar surface area (TPSA) is 84.9 Å². The Bertz CT molecular complexity index is 739. The fourth-order valence-corrected chi connectivity index (χ4v) is 3.44. The number of piperidine rings is 1. The van der Waals surface area contributed by atoms with E-state index in [0.29, 0.717) is 6.42 Å². The minimum atomic E-state index is -0.664. The van der Waals surface area contributed by atoms with Crippen LogP contribution in [0.5, 0.6) is 0 Å². The molecular formula is C22H32N2O5. The molecule has 7 heteroatoms. The molecule has 1 aliphatic rings. The Balaban J connectivity index is 2.17. The molecule has 0 bridgehead atoms. The van der Waals surface area contributed by atoms with Crippen molar-refractivity contribution in [2.75, 3.05) is 20.2 Å². The van der Waals surface area contributed by atoms with Crippen LogP contribution in [0.4, 0.5) is 4.79 Å². The number of methoxy groups -OCH3 is 1. The van der Waals surface area contributed by atoms with Crippen LogP contribution < -0.4 is 5.32 Å². The smallest absolute Gasteiger partial charge is 0.410 e. The van der Waals surface area contributed by atoms with Crippen molar-refractivity contribution in [2.45, 2.75) is 52.2 Å². The summed E-state index contributed by atoms with van der Waals surface area (Å²) in [6.45, 7) is 9.54. The summed E-state index contributed by atoms with van der Waals surface area (Å²) in [5, 5.41) is 3.06. The molecule has 2 rings (SSSR count). The molecule has 2 atom stereocenters. The van der Waals surface area contributed by atoms with Crippen LogP contribution >= 0.6 is 0 Å². The van der Waals surface area contributed by atoms with Crippen molar-refractivity contribution in [1.82, 2.24) is 10.2 Å². The summed E-state index contributed by atoms with van der Waals surface area (Å²) < 4.78 is 10.3. The second-order valence-electron chi connectivity index (χ2n) is 9.02. The molecule has 1 fully saturated rings. The molecule has 1 aliphatic heterocycles. The number of hydrogen-bond acceptors (Lipinski definition) is 5. The number of nitrogens with one attached hydrogen (secondary N) is 1. The molecule has 0 saturated carbocycles. The Hall–Kier alpha value is -2.57. The summed E-state index contributed by atoms with van der Waals surface area (Å²) in [5.41, 5.74) is -0.284. The molecule has 0 aromatic heterocycles. The van der Waals surface area contributed by atoms with Gasteiger partial charge in [0.25, 0.3) is 0 Å². The number of esters is 1. The van der Waals surface area contributed by atoms with Crippen LogP contribution in [-0.2, 0) is 24.6 Å². The number of hydrogen-bond donors (Lipinski definition) is 1. The molecule has 2 amide bonds. The van der Waals surface area contributed by atoms with Crippen LogP contribution in [-0.4, -0.2) is 48.7 Å². The summed E-state index contributed by atoms with van der Waals surface area (Å²) in [7, 11) is 1.31. The van der Waals surface area contributed by atoms with Gasteiger partial charge in [-0.15, -0.1) is 0 Å². The molecule has 160 valence electrons. The highest BCUT2D eigenvalue weighted by atomic mass is 16.6. The van der Waals surface area contributed by atoms with Crippen LogP contribution in [0, 0.1) is 11.8 Å². The number of likely N-dealkylation sites (tertiary alicyclic amines) is 1. The maximum atomic E-state index is 13.1. The lowest BCUT2D eigenvalue weighted by Gasteiger charge is -2.38. The van der Waals surface area contributed by atoms with E-state index in [4.69, 9.17) is 9.47 Å². The summed E-state index contributed by atoms with van der Waals surface area (Å²) in [6.07, 6.45) is -0.214. The van der Waals surface area contributed by atoms with Crippen molar-refractivity contribution in [3.8, 4) is 0 Å². The van der Waals surface area contributed by atoms with Gasteiger partial charge in [0.15, 0.2) is 0 Å². The van der Waals surface area contributed by atoms with Crippen LogP contribution in [0.3, 0.4) is 0 Å². The van der Waals surface area contributed by atoms with Gasteiger partial charge in [-0.2, -0.15) is 0 Å². The SMILES string of the molecule is COC(=O)[C@@H]1C[C@H](C(=O)NC(C)(C)c2ccccc2)CN(C(=O)OC(C)(C)C)C1. The monoisotopic (exact) mass is 404 g/mol. The maximum absolute atomic E-state index is 13.1. The average Bonchev–Trinajstić information content (AvgIpc) is 2.66. The Kier molecular flexibility index (Phi) is 6.93. The highest BCUT2D eigenvalue weighted by Gasteiger charge is 2.40. The lowest BCUT2D eigenvalue weighted by atomic mass is 9.87. The van der Waals surface area contributed by atoms with Crippen molar-refractivity contribution in [2.24, 2.45) is 11.8 Å². The third-order valence-corrected chi connectivity index (χ3v) is 4.94. The first-order valence-corrected chi connectivity index (χ1v) is 9.86. The zero-order chi connectivity index (χ0) is 21.8. The number of nitrogens with zero attached hydrogens (tertiary/aromatic N) is 1. The van der Waals surface area contributed by atoms with E-state index in [1.165, 1.54) is 12.0 Å². The summed E-state index contributed by atoms with van der Waals surface area (Å²) in [6, 6.07) is 9.65. The number of benzene rings is 1. The van der Waals surface area contributed by atoms with Crippen LogP contribution in [0.1, 0.15) is 46.6 Å². The second kappa shape index (κ2) is 8.84. The Morgan fingerprint density at radius 3 is 2.14 bits per heavy atom. The molecule has 1 aromatic rings. The van der Waals surface area contributed by atoms with E-state index in [2.05, 4.69) is 5.32 Å². The minimum absolute atomic E-state index is 0.174. The van der Waals surface area contributed by atoms with E-state index in [1.54, 1.807) is 20.8 Å². The number of carbonyl (C=O) groups is 3. The molecule has 1 N–H and O–H groups in total. The van der Waals surface area contributed by atoms with Gasteiger partial charge in [-0.3, -0.25) is 9.59 Å². The standard InChI is InChI=1S/C22H32N2O5/c1-21(2,3)29-20(27)24-13-15(12-16(14-24)19(26)28-6)18(25)23-22(4,5)17-10-8-7-9-11-17/h7-11,15-16H,12-14H2,1-6H3,(H,23,25)/t15-,16+/m0/s1. The zero-order valence-electron chi connectivity index (χ0n) is 18.2. The molecule has 1 saturated heterocycles. The maximum Gasteiger partial charge on any atom is 0.410 e. The minimum Gasteiger partial charge on any atom is -0.469 e. The number of rotatable bonds is 4. The lowest BCUT2D eigenvalue weighted by molar-refractivity contribution is -0.148. The van der Waals surface area contributed by atoms with Crippen molar-refractivity contribution in [1.29, 1.82) is 0 Å². The Morgan fingerprint density at radius 1 is 1.00 bits per heavy atom. The number of ether oxygens (including phenoxy) is 2. The molecule has 29 heavy (non-hydrogen) atoms. The van der Waals surface area contributed by atoms with Gasteiger partial charge in [0.1, 0.15) is 5.60 Å². The molecule has 0 radical (unpaired) electrons. The lowest BCUT2D eigenvalue weighted by Crippen LogP contribution is -2.53. The van der Waals surface area contributed by atoms with Gasteiger partial charge >= 0.3 is 12.1 Å². The number of carbonyl (C=O) groups excluding carboxylic acids is 3. The summed E-state index contributed by atoms with van der Waals surface area (Å²) >= 11 is 0. The third-order valence-electron chi connectivity index (χ3n) is 4.94. The van der Waals surface area contributed by atoms with E-state index in [1.807, 2.05) is 44.2 Å². The van der Waals surface area contributed by atoms with Crippen LogP contribution in [0.2, 0.25) is 0 Å². The van der Waals surface area contributed by atoms with Crippen LogP contribution in [0.15, 0.2) is 30.3 Å².